The normalized spacial score (nSPS) is 16.3. The smallest absolute Gasteiger partial charge is 0.254 e. The van der Waals surface area contributed by atoms with Crippen molar-refractivity contribution in [2.24, 2.45) is 5.41 Å². The number of carbonyl (C=O) groups is 1. The lowest BCUT2D eigenvalue weighted by atomic mass is 10.0. The van der Waals surface area contributed by atoms with Gasteiger partial charge in [0.25, 0.3) is 5.91 Å². The minimum absolute atomic E-state index is 0.00370. The third-order valence-electron chi connectivity index (χ3n) is 3.46. The number of carbonyl (C=O) groups excluding carboxylic acids is 1. The van der Waals surface area contributed by atoms with Gasteiger partial charge in [0.2, 0.25) is 0 Å². The first-order chi connectivity index (χ1) is 8.56. The number of nitrogen functional groups attached to an aromatic ring is 1. The molecule has 4 nitrogen and oxygen atoms in total. The molecule has 1 aliphatic carbocycles. The fraction of sp³-hybridized carbons (Fsp3) is 0.462. The first-order valence-electron chi connectivity index (χ1n) is 6.00. The van der Waals surface area contributed by atoms with Crippen LogP contribution in [0.3, 0.4) is 0 Å². The van der Waals surface area contributed by atoms with E-state index in [0.29, 0.717) is 18.7 Å². The standard InChI is InChI=1S/C13H17FN2O2/c14-11-7-9(15)1-2-10(11)12(18)16-8-13(3-4-13)5-6-17/h1-2,7,17H,3-6,8,15H2,(H,16,18). The van der Waals surface area contributed by atoms with Crippen LogP contribution < -0.4 is 11.1 Å². The molecule has 0 aliphatic heterocycles. The average Bonchev–Trinajstić information content (AvgIpc) is 3.07. The molecular formula is C13H17FN2O2. The van der Waals surface area contributed by atoms with Gasteiger partial charge in [0.1, 0.15) is 5.82 Å². The van der Waals surface area contributed by atoms with Crippen molar-refractivity contribution >= 4 is 11.6 Å². The molecule has 0 atom stereocenters. The van der Waals surface area contributed by atoms with Crippen molar-refractivity contribution in [2.45, 2.75) is 19.3 Å². The molecule has 0 spiro atoms. The summed E-state index contributed by atoms with van der Waals surface area (Å²) in [6.07, 6.45) is 2.67. The first kappa shape index (κ1) is 12.8. The Hall–Kier alpha value is -1.62. The molecule has 1 aliphatic rings. The monoisotopic (exact) mass is 252 g/mol. The lowest BCUT2D eigenvalue weighted by Gasteiger charge is -2.14. The second-order valence-electron chi connectivity index (χ2n) is 4.90. The molecule has 0 heterocycles. The van der Waals surface area contributed by atoms with E-state index >= 15 is 0 Å². The van der Waals surface area contributed by atoms with Crippen molar-refractivity contribution in [3.63, 3.8) is 0 Å². The van der Waals surface area contributed by atoms with E-state index in [-0.39, 0.29) is 17.6 Å². The van der Waals surface area contributed by atoms with Crippen LogP contribution in [0.15, 0.2) is 18.2 Å². The second kappa shape index (κ2) is 4.94. The highest BCUT2D eigenvalue weighted by Crippen LogP contribution is 2.47. The van der Waals surface area contributed by atoms with E-state index in [4.69, 9.17) is 10.8 Å². The minimum Gasteiger partial charge on any atom is -0.399 e. The number of rotatable bonds is 5. The fourth-order valence-corrected chi connectivity index (χ4v) is 2.01. The van der Waals surface area contributed by atoms with E-state index in [2.05, 4.69) is 5.32 Å². The van der Waals surface area contributed by atoms with Crippen molar-refractivity contribution in [1.82, 2.24) is 5.32 Å². The molecule has 1 saturated carbocycles. The molecule has 4 N–H and O–H groups in total. The second-order valence-corrected chi connectivity index (χ2v) is 4.90. The van der Waals surface area contributed by atoms with Crippen molar-refractivity contribution < 1.29 is 14.3 Å². The molecule has 18 heavy (non-hydrogen) atoms. The van der Waals surface area contributed by atoms with Crippen LogP contribution in [-0.4, -0.2) is 24.2 Å². The van der Waals surface area contributed by atoms with Crippen LogP contribution >= 0.6 is 0 Å². The molecule has 0 bridgehead atoms. The third-order valence-corrected chi connectivity index (χ3v) is 3.46. The lowest BCUT2D eigenvalue weighted by molar-refractivity contribution is 0.0937. The molecule has 2 rings (SSSR count). The van der Waals surface area contributed by atoms with Crippen molar-refractivity contribution in [1.29, 1.82) is 0 Å². The lowest BCUT2D eigenvalue weighted by Crippen LogP contribution is -2.31. The number of benzene rings is 1. The van der Waals surface area contributed by atoms with Crippen LogP contribution in [0.5, 0.6) is 0 Å². The van der Waals surface area contributed by atoms with Gasteiger partial charge in [-0.25, -0.2) is 4.39 Å². The summed E-state index contributed by atoms with van der Waals surface area (Å²) in [4.78, 5) is 11.8. The molecule has 1 aromatic carbocycles. The maximum atomic E-state index is 13.5. The quantitative estimate of drug-likeness (QED) is 0.691. The van der Waals surface area contributed by atoms with Gasteiger partial charge in [-0.05, 0) is 42.9 Å². The SMILES string of the molecule is Nc1ccc(C(=O)NCC2(CCO)CC2)c(F)c1. The Morgan fingerprint density at radius 2 is 2.22 bits per heavy atom. The summed E-state index contributed by atoms with van der Waals surface area (Å²) in [7, 11) is 0. The van der Waals surface area contributed by atoms with Crippen LogP contribution in [0.25, 0.3) is 0 Å². The van der Waals surface area contributed by atoms with E-state index in [9.17, 15) is 9.18 Å². The summed E-state index contributed by atoms with van der Waals surface area (Å²) in [6, 6.07) is 4.01. The third kappa shape index (κ3) is 2.79. The summed E-state index contributed by atoms with van der Waals surface area (Å²) < 4.78 is 13.5. The van der Waals surface area contributed by atoms with Gasteiger partial charge in [-0.3, -0.25) is 4.79 Å². The number of hydrogen-bond acceptors (Lipinski definition) is 3. The summed E-state index contributed by atoms with van der Waals surface area (Å²) in [6.45, 7) is 0.600. The fourth-order valence-electron chi connectivity index (χ4n) is 2.01. The molecular weight excluding hydrogens is 235 g/mol. The number of amides is 1. The minimum atomic E-state index is -0.612. The number of nitrogens with one attached hydrogen (secondary N) is 1. The Bertz CT molecular complexity index is 458. The maximum absolute atomic E-state index is 13.5. The van der Waals surface area contributed by atoms with E-state index in [1.165, 1.54) is 12.1 Å². The maximum Gasteiger partial charge on any atom is 0.254 e. The van der Waals surface area contributed by atoms with Gasteiger partial charge < -0.3 is 16.2 Å². The van der Waals surface area contributed by atoms with Crippen LogP contribution in [0.2, 0.25) is 0 Å². The summed E-state index contributed by atoms with van der Waals surface area (Å²) in [5.41, 5.74) is 5.74. The van der Waals surface area contributed by atoms with Gasteiger partial charge in [0, 0.05) is 18.8 Å². The van der Waals surface area contributed by atoms with E-state index in [1.807, 2.05) is 0 Å². The van der Waals surface area contributed by atoms with Crippen LogP contribution in [-0.2, 0) is 0 Å². The Labute approximate surface area is 105 Å². The molecule has 0 saturated heterocycles. The highest BCUT2D eigenvalue weighted by atomic mass is 19.1. The summed E-state index contributed by atoms with van der Waals surface area (Å²) in [5, 5.41) is 11.6. The Morgan fingerprint density at radius 1 is 1.50 bits per heavy atom. The zero-order valence-electron chi connectivity index (χ0n) is 10.1. The number of aliphatic hydroxyl groups excluding tert-OH is 1. The van der Waals surface area contributed by atoms with Crippen molar-refractivity contribution in [2.75, 3.05) is 18.9 Å². The number of anilines is 1. The van der Waals surface area contributed by atoms with Crippen LogP contribution in [0.4, 0.5) is 10.1 Å². The molecule has 0 radical (unpaired) electrons. The zero-order chi connectivity index (χ0) is 13.2. The number of hydrogen-bond donors (Lipinski definition) is 3. The van der Waals surface area contributed by atoms with Crippen LogP contribution in [0.1, 0.15) is 29.6 Å². The topological polar surface area (TPSA) is 75.4 Å². The van der Waals surface area contributed by atoms with E-state index < -0.39 is 11.7 Å². The number of nitrogens with two attached hydrogens (primary N) is 1. The van der Waals surface area contributed by atoms with E-state index in [1.54, 1.807) is 0 Å². The zero-order valence-corrected chi connectivity index (χ0v) is 10.1. The number of halogens is 1. The Balaban J connectivity index is 1.96. The van der Waals surface area contributed by atoms with Gasteiger partial charge in [0.05, 0.1) is 5.56 Å². The Kier molecular flexibility index (Phi) is 3.52. The van der Waals surface area contributed by atoms with Crippen molar-refractivity contribution in [3.8, 4) is 0 Å². The summed E-state index contributed by atoms with van der Waals surface area (Å²) >= 11 is 0. The molecule has 98 valence electrons. The van der Waals surface area contributed by atoms with Gasteiger partial charge in [0.15, 0.2) is 0 Å². The number of aliphatic hydroxyl groups is 1. The predicted molar refractivity (Wildman–Crippen MR) is 66.5 cm³/mol. The van der Waals surface area contributed by atoms with Gasteiger partial charge >= 0.3 is 0 Å². The highest BCUT2D eigenvalue weighted by Gasteiger charge is 2.41. The van der Waals surface area contributed by atoms with Gasteiger partial charge in [-0.15, -0.1) is 0 Å². The molecule has 0 aromatic heterocycles. The highest BCUT2D eigenvalue weighted by molar-refractivity contribution is 5.94. The van der Waals surface area contributed by atoms with Gasteiger partial charge in [-0.1, -0.05) is 0 Å². The van der Waals surface area contributed by atoms with Gasteiger partial charge in [-0.2, -0.15) is 0 Å². The molecule has 5 heteroatoms. The molecule has 0 unspecified atom stereocenters. The molecule has 1 amide bonds. The predicted octanol–water partition coefficient (Wildman–Crippen LogP) is 1.30. The van der Waals surface area contributed by atoms with Crippen LogP contribution in [0, 0.1) is 11.2 Å². The van der Waals surface area contributed by atoms with Crippen molar-refractivity contribution in [3.05, 3.63) is 29.6 Å². The largest absolute Gasteiger partial charge is 0.399 e. The average molecular weight is 252 g/mol. The molecule has 1 aromatic rings. The Morgan fingerprint density at radius 3 is 2.78 bits per heavy atom. The summed E-state index contributed by atoms with van der Waals surface area (Å²) in [5.74, 6) is -1.05. The first-order valence-corrected chi connectivity index (χ1v) is 6.00. The molecule has 1 fully saturated rings. The van der Waals surface area contributed by atoms with E-state index in [0.717, 1.165) is 18.9 Å².